The molecule has 2 heterocycles. The quantitative estimate of drug-likeness (QED) is 0.659. The van der Waals surface area contributed by atoms with Crippen molar-refractivity contribution >= 4 is 5.82 Å². The van der Waals surface area contributed by atoms with Crippen LogP contribution >= 0.6 is 0 Å². The normalized spacial score (nSPS) is 15.9. The molecule has 2 nitrogen and oxygen atoms in total. The van der Waals surface area contributed by atoms with Crippen LogP contribution in [0.1, 0.15) is 18.9 Å². The van der Waals surface area contributed by atoms with Crippen LogP contribution in [0, 0.1) is 0 Å². The molecule has 0 amide bonds. The average Bonchev–Trinajstić information content (AvgIpc) is 2.02. The highest BCUT2D eigenvalue weighted by atomic mass is 15.2. The monoisotopic (exact) mass is 162 g/mol. The van der Waals surface area contributed by atoms with E-state index in [0.29, 0.717) is 0 Å². The molecule has 1 aromatic rings. The lowest BCUT2D eigenvalue weighted by Crippen LogP contribution is -2.38. The van der Waals surface area contributed by atoms with Gasteiger partial charge in [0, 0.05) is 19.3 Å². The summed E-state index contributed by atoms with van der Waals surface area (Å²) in [5.74, 6) is 1.20. The maximum Gasteiger partial charge on any atom is 0.131 e. The summed E-state index contributed by atoms with van der Waals surface area (Å²) in [5.41, 5.74) is 1.37. The van der Waals surface area contributed by atoms with Gasteiger partial charge >= 0.3 is 0 Å². The average molecular weight is 162 g/mol. The van der Waals surface area contributed by atoms with Crippen molar-refractivity contribution in [1.29, 1.82) is 0 Å². The summed E-state index contributed by atoms with van der Waals surface area (Å²) in [6.07, 6.45) is 4.28. The van der Waals surface area contributed by atoms with Crippen LogP contribution in [-0.4, -0.2) is 18.1 Å². The van der Waals surface area contributed by atoms with Gasteiger partial charge in [-0.1, -0.05) is 13.0 Å². The molecule has 1 aliphatic heterocycles. The van der Waals surface area contributed by atoms with E-state index in [4.69, 9.17) is 0 Å². The molecule has 0 aromatic carbocycles. The Balaban J connectivity index is 2.27. The van der Waals surface area contributed by atoms with Crippen molar-refractivity contribution in [2.24, 2.45) is 0 Å². The lowest BCUT2D eigenvalue weighted by molar-refractivity contribution is 0.606. The van der Waals surface area contributed by atoms with E-state index in [-0.39, 0.29) is 0 Å². The molecular weight excluding hydrogens is 148 g/mol. The Kier molecular flexibility index (Phi) is 1.98. The molecule has 2 rings (SSSR count). The second-order valence-corrected chi connectivity index (χ2v) is 3.18. The van der Waals surface area contributed by atoms with Gasteiger partial charge in [0.15, 0.2) is 0 Å². The lowest BCUT2D eigenvalue weighted by atomic mass is 10.1. The summed E-state index contributed by atoms with van der Waals surface area (Å²) in [6.45, 7) is 4.55. The smallest absolute Gasteiger partial charge is 0.131 e. The van der Waals surface area contributed by atoms with Crippen LogP contribution in [0.2, 0.25) is 0 Å². The summed E-state index contributed by atoms with van der Waals surface area (Å²) in [4.78, 5) is 6.74. The molecule has 1 fully saturated rings. The van der Waals surface area contributed by atoms with Gasteiger partial charge in [0.1, 0.15) is 5.82 Å². The number of aryl methyl sites for hydroxylation is 1. The Morgan fingerprint density at radius 3 is 2.92 bits per heavy atom. The van der Waals surface area contributed by atoms with Gasteiger partial charge in [-0.15, -0.1) is 0 Å². The molecule has 12 heavy (non-hydrogen) atoms. The molecule has 0 N–H and O–H groups in total. The Hall–Kier alpha value is -1.05. The number of aromatic nitrogens is 1. The summed E-state index contributed by atoms with van der Waals surface area (Å²) < 4.78 is 0. The molecular formula is C10H14N2. The number of anilines is 1. The van der Waals surface area contributed by atoms with E-state index in [2.05, 4.69) is 22.9 Å². The van der Waals surface area contributed by atoms with Gasteiger partial charge in [-0.3, -0.25) is 0 Å². The van der Waals surface area contributed by atoms with Crippen molar-refractivity contribution in [1.82, 2.24) is 4.98 Å². The largest absolute Gasteiger partial charge is 0.356 e. The molecule has 0 atom stereocenters. The fourth-order valence-electron chi connectivity index (χ4n) is 1.52. The maximum absolute atomic E-state index is 4.40. The first-order valence-corrected chi connectivity index (χ1v) is 4.60. The van der Waals surface area contributed by atoms with Gasteiger partial charge in [-0.2, -0.15) is 0 Å². The Morgan fingerprint density at radius 2 is 2.33 bits per heavy atom. The van der Waals surface area contributed by atoms with Crippen molar-refractivity contribution in [3.05, 3.63) is 23.9 Å². The lowest BCUT2D eigenvalue weighted by Gasteiger charge is -2.33. The zero-order valence-corrected chi connectivity index (χ0v) is 7.45. The van der Waals surface area contributed by atoms with Crippen LogP contribution in [0.4, 0.5) is 5.82 Å². The van der Waals surface area contributed by atoms with Gasteiger partial charge in [-0.05, 0) is 24.5 Å². The van der Waals surface area contributed by atoms with E-state index in [0.717, 1.165) is 6.42 Å². The van der Waals surface area contributed by atoms with Crippen molar-refractivity contribution < 1.29 is 0 Å². The summed E-state index contributed by atoms with van der Waals surface area (Å²) in [5, 5.41) is 0. The van der Waals surface area contributed by atoms with Crippen LogP contribution < -0.4 is 4.90 Å². The van der Waals surface area contributed by atoms with Crippen molar-refractivity contribution in [2.45, 2.75) is 19.8 Å². The van der Waals surface area contributed by atoms with E-state index >= 15 is 0 Å². The zero-order chi connectivity index (χ0) is 8.39. The highest BCUT2D eigenvalue weighted by Gasteiger charge is 2.17. The SMILES string of the molecule is CCc1cccnc1N1CCC1. The first-order chi connectivity index (χ1) is 5.92. The van der Waals surface area contributed by atoms with Crippen molar-refractivity contribution in [3.63, 3.8) is 0 Å². The highest BCUT2D eigenvalue weighted by molar-refractivity contribution is 5.48. The number of hydrogen-bond donors (Lipinski definition) is 0. The third-order valence-electron chi connectivity index (χ3n) is 2.40. The van der Waals surface area contributed by atoms with Crippen LogP contribution in [0.15, 0.2) is 18.3 Å². The molecule has 0 bridgehead atoms. The standard InChI is InChI=1S/C10H14N2/c1-2-9-5-3-6-11-10(9)12-7-4-8-12/h3,5-6H,2,4,7-8H2,1H3. The molecule has 0 saturated carbocycles. The first-order valence-electron chi connectivity index (χ1n) is 4.60. The molecule has 64 valence electrons. The maximum atomic E-state index is 4.40. The van der Waals surface area contributed by atoms with Crippen LogP contribution in [0.25, 0.3) is 0 Å². The van der Waals surface area contributed by atoms with Gasteiger partial charge < -0.3 is 4.90 Å². The minimum Gasteiger partial charge on any atom is -0.356 e. The minimum absolute atomic E-state index is 1.08. The van der Waals surface area contributed by atoms with Gasteiger partial charge in [0.25, 0.3) is 0 Å². The van der Waals surface area contributed by atoms with E-state index in [1.165, 1.54) is 30.9 Å². The number of rotatable bonds is 2. The molecule has 0 spiro atoms. The summed E-state index contributed by atoms with van der Waals surface area (Å²) in [6, 6.07) is 4.18. The molecule has 0 unspecified atom stereocenters. The van der Waals surface area contributed by atoms with Crippen LogP contribution in [-0.2, 0) is 6.42 Å². The fraction of sp³-hybridized carbons (Fsp3) is 0.500. The Labute approximate surface area is 73.2 Å². The van der Waals surface area contributed by atoms with Crippen LogP contribution in [0.3, 0.4) is 0 Å². The predicted molar refractivity (Wildman–Crippen MR) is 50.4 cm³/mol. The summed E-state index contributed by atoms with van der Waals surface area (Å²) in [7, 11) is 0. The third-order valence-corrected chi connectivity index (χ3v) is 2.40. The zero-order valence-electron chi connectivity index (χ0n) is 7.45. The van der Waals surface area contributed by atoms with E-state index < -0.39 is 0 Å². The number of hydrogen-bond acceptors (Lipinski definition) is 2. The van der Waals surface area contributed by atoms with Gasteiger partial charge in [0.2, 0.25) is 0 Å². The number of nitrogens with zero attached hydrogens (tertiary/aromatic N) is 2. The minimum atomic E-state index is 1.08. The van der Waals surface area contributed by atoms with Crippen molar-refractivity contribution in [3.8, 4) is 0 Å². The van der Waals surface area contributed by atoms with E-state index in [1.54, 1.807) is 0 Å². The molecule has 2 heteroatoms. The Morgan fingerprint density at radius 1 is 1.50 bits per heavy atom. The van der Waals surface area contributed by atoms with Crippen LogP contribution in [0.5, 0.6) is 0 Å². The topological polar surface area (TPSA) is 16.1 Å². The second-order valence-electron chi connectivity index (χ2n) is 3.18. The van der Waals surface area contributed by atoms with Gasteiger partial charge in [0.05, 0.1) is 0 Å². The highest BCUT2D eigenvalue weighted by Crippen LogP contribution is 2.22. The van der Waals surface area contributed by atoms with E-state index in [9.17, 15) is 0 Å². The van der Waals surface area contributed by atoms with Crippen molar-refractivity contribution in [2.75, 3.05) is 18.0 Å². The summed E-state index contributed by atoms with van der Waals surface area (Å²) >= 11 is 0. The first kappa shape index (κ1) is 7.59. The molecule has 1 aromatic heterocycles. The predicted octanol–water partition coefficient (Wildman–Crippen LogP) is 1.85. The molecule has 0 radical (unpaired) electrons. The second kappa shape index (κ2) is 3.13. The third kappa shape index (κ3) is 1.17. The Bertz CT molecular complexity index is 266. The molecule has 0 aliphatic carbocycles. The fourth-order valence-corrected chi connectivity index (χ4v) is 1.52. The molecule has 1 saturated heterocycles. The van der Waals surface area contributed by atoms with Gasteiger partial charge in [-0.25, -0.2) is 4.98 Å². The van der Waals surface area contributed by atoms with E-state index in [1.807, 2.05) is 12.3 Å². The molecule has 1 aliphatic rings. The number of pyridine rings is 1.